The predicted molar refractivity (Wildman–Crippen MR) is 80.2 cm³/mol. The van der Waals surface area contributed by atoms with E-state index in [-0.39, 0.29) is 5.54 Å². The van der Waals surface area contributed by atoms with Gasteiger partial charge in [-0.2, -0.15) is 5.10 Å². The molecule has 1 saturated carbocycles. The Kier molecular flexibility index (Phi) is 4.34. The molecule has 0 amide bonds. The highest BCUT2D eigenvalue weighted by atomic mass is 15.2. The Morgan fingerprint density at radius 1 is 1.37 bits per heavy atom. The van der Waals surface area contributed by atoms with Crippen molar-refractivity contribution in [3.8, 4) is 0 Å². The van der Waals surface area contributed by atoms with Gasteiger partial charge >= 0.3 is 0 Å². The van der Waals surface area contributed by atoms with E-state index in [0.717, 1.165) is 18.4 Å². The SMILES string of the molecule is CC1CCC(CNC(C)(C)C)C(c2ccn(C)n2)C1. The van der Waals surface area contributed by atoms with E-state index in [1.165, 1.54) is 25.0 Å². The van der Waals surface area contributed by atoms with Crippen molar-refractivity contribution in [3.63, 3.8) is 0 Å². The Morgan fingerprint density at radius 3 is 2.68 bits per heavy atom. The van der Waals surface area contributed by atoms with Crippen LogP contribution < -0.4 is 5.32 Å². The zero-order valence-corrected chi connectivity index (χ0v) is 13.1. The van der Waals surface area contributed by atoms with Gasteiger partial charge in [-0.3, -0.25) is 4.68 Å². The Bertz CT molecular complexity index is 402. The fraction of sp³-hybridized carbons (Fsp3) is 0.812. The van der Waals surface area contributed by atoms with Gasteiger partial charge in [0.25, 0.3) is 0 Å². The third kappa shape index (κ3) is 4.07. The summed E-state index contributed by atoms with van der Waals surface area (Å²) in [6.07, 6.45) is 6.04. The van der Waals surface area contributed by atoms with Crippen LogP contribution in [-0.4, -0.2) is 21.9 Å². The molecule has 0 aliphatic heterocycles. The van der Waals surface area contributed by atoms with Crippen LogP contribution in [0.15, 0.2) is 12.3 Å². The van der Waals surface area contributed by atoms with Crippen molar-refractivity contribution in [2.24, 2.45) is 18.9 Å². The van der Waals surface area contributed by atoms with Gasteiger partial charge in [0.2, 0.25) is 0 Å². The maximum absolute atomic E-state index is 4.65. The molecule has 0 bridgehead atoms. The van der Waals surface area contributed by atoms with Gasteiger partial charge < -0.3 is 5.32 Å². The van der Waals surface area contributed by atoms with Gasteiger partial charge in [0.1, 0.15) is 0 Å². The molecule has 0 saturated heterocycles. The third-order valence-corrected chi connectivity index (χ3v) is 4.26. The van der Waals surface area contributed by atoms with Gasteiger partial charge in [0.05, 0.1) is 5.69 Å². The van der Waals surface area contributed by atoms with E-state index in [1.807, 2.05) is 11.7 Å². The molecule has 1 aromatic rings. The summed E-state index contributed by atoms with van der Waals surface area (Å²) in [6.45, 7) is 10.2. The van der Waals surface area contributed by atoms with Crippen LogP contribution in [-0.2, 0) is 7.05 Å². The van der Waals surface area contributed by atoms with Crippen molar-refractivity contribution in [2.45, 2.75) is 58.4 Å². The average Bonchev–Trinajstić information content (AvgIpc) is 2.73. The first-order valence-electron chi connectivity index (χ1n) is 7.60. The van der Waals surface area contributed by atoms with Crippen LogP contribution in [0.2, 0.25) is 0 Å². The first-order valence-corrected chi connectivity index (χ1v) is 7.60. The Labute approximate surface area is 117 Å². The number of aromatic nitrogens is 2. The van der Waals surface area contributed by atoms with Crippen LogP contribution >= 0.6 is 0 Å². The molecule has 0 spiro atoms. The van der Waals surface area contributed by atoms with Crippen LogP contribution in [0.25, 0.3) is 0 Å². The summed E-state index contributed by atoms with van der Waals surface area (Å²) in [4.78, 5) is 0. The topological polar surface area (TPSA) is 29.9 Å². The van der Waals surface area contributed by atoms with Crippen LogP contribution in [0.5, 0.6) is 0 Å². The molecular formula is C16H29N3. The van der Waals surface area contributed by atoms with E-state index < -0.39 is 0 Å². The summed E-state index contributed by atoms with van der Waals surface area (Å²) in [7, 11) is 2.01. The molecule has 2 rings (SSSR count). The minimum Gasteiger partial charge on any atom is -0.312 e. The molecule has 1 aromatic heterocycles. The van der Waals surface area contributed by atoms with Crippen LogP contribution in [0, 0.1) is 11.8 Å². The molecule has 0 radical (unpaired) electrons. The summed E-state index contributed by atoms with van der Waals surface area (Å²) in [5.74, 6) is 2.18. The molecule has 1 aliphatic rings. The van der Waals surface area contributed by atoms with Crippen molar-refractivity contribution in [1.82, 2.24) is 15.1 Å². The molecule has 1 fully saturated rings. The van der Waals surface area contributed by atoms with E-state index >= 15 is 0 Å². The van der Waals surface area contributed by atoms with Crippen molar-refractivity contribution in [1.29, 1.82) is 0 Å². The monoisotopic (exact) mass is 263 g/mol. The zero-order valence-electron chi connectivity index (χ0n) is 13.1. The maximum Gasteiger partial charge on any atom is 0.0658 e. The second-order valence-electron chi connectivity index (χ2n) is 7.33. The predicted octanol–water partition coefficient (Wildman–Crippen LogP) is 3.33. The quantitative estimate of drug-likeness (QED) is 0.906. The summed E-state index contributed by atoms with van der Waals surface area (Å²) < 4.78 is 1.93. The maximum atomic E-state index is 4.65. The molecule has 1 N–H and O–H groups in total. The van der Waals surface area contributed by atoms with Gasteiger partial charge in [-0.05, 0) is 58.1 Å². The van der Waals surface area contributed by atoms with Crippen molar-refractivity contribution < 1.29 is 0 Å². The number of aryl methyl sites for hydroxylation is 1. The van der Waals surface area contributed by atoms with Gasteiger partial charge in [-0.1, -0.05) is 13.3 Å². The van der Waals surface area contributed by atoms with Gasteiger partial charge in [-0.25, -0.2) is 0 Å². The molecule has 3 atom stereocenters. The first-order chi connectivity index (χ1) is 8.85. The van der Waals surface area contributed by atoms with Crippen molar-refractivity contribution in [2.75, 3.05) is 6.54 Å². The van der Waals surface area contributed by atoms with E-state index in [2.05, 4.69) is 50.4 Å². The van der Waals surface area contributed by atoms with Crippen molar-refractivity contribution >= 4 is 0 Å². The van der Waals surface area contributed by atoms with Crippen molar-refractivity contribution in [3.05, 3.63) is 18.0 Å². The normalized spacial score (nSPS) is 28.6. The average molecular weight is 263 g/mol. The molecular weight excluding hydrogens is 234 g/mol. The molecule has 108 valence electrons. The highest BCUT2D eigenvalue weighted by Gasteiger charge is 2.31. The zero-order chi connectivity index (χ0) is 14.0. The minimum absolute atomic E-state index is 0.206. The smallest absolute Gasteiger partial charge is 0.0658 e. The number of nitrogens with zero attached hydrogens (tertiary/aromatic N) is 2. The lowest BCUT2D eigenvalue weighted by Crippen LogP contribution is -2.41. The highest BCUT2D eigenvalue weighted by Crippen LogP contribution is 2.39. The lowest BCUT2D eigenvalue weighted by Gasteiger charge is -2.36. The highest BCUT2D eigenvalue weighted by molar-refractivity contribution is 5.10. The summed E-state index contributed by atoms with van der Waals surface area (Å²) >= 11 is 0. The number of hydrogen-bond donors (Lipinski definition) is 1. The molecule has 1 heterocycles. The third-order valence-electron chi connectivity index (χ3n) is 4.26. The van der Waals surface area contributed by atoms with E-state index in [4.69, 9.17) is 0 Å². The number of hydrogen-bond acceptors (Lipinski definition) is 2. The molecule has 3 nitrogen and oxygen atoms in total. The molecule has 19 heavy (non-hydrogen) atoms. The fourth-order valence-corrected chi connectivity index (χ4v) is 3.12. The molecule has 0 aromatic carbocycles. The Morgan fingerprint density at radius 2 is 2.11 bits per heavy atom. The van der Waals surface area contributed by atoms with E-state index in [9.17, 15) is 0 Å². The van der Waals surface area contributed by atoms with Gasteiger partial charge in [-0.15, -0.1) is 0 Å². The van der Waals surface area contributed by atoms with E-state index in [1.54, 1.807) is 0 Å². The lowest BCUT2D eigenvalue weighted by atomic mass is 9.73. The second-order valence-corrected chi connectivity index (χ2v) is 7.33. The fourth-order valence-electron chi connectivity index (χ4n) is 3.12. The van der Waals surface area contributed by atoms with Gasteiger partial charge in [0, 0.05) is 24.7 Å². The van der Waals surface area contributed by atoms with E-state index in [0.29, 0.717) is 5.92 Å². The van der Waals surface area contributed by atoms with Crippen LogP contribution in [0.4, 0.5) is 0 Å². The molecule has 1 aliphatic carbocycles. The summed E-state index contributed by atoms with van der Waals surface area (Å²) in [6, 6.07) is 2.20. The number of nitrogens with one attached hydrogen (secondary N) is 1. The van der Waals surface area contributed by atoms with Crippen LogP contribution in [0.1, 0.15) is 58.6 Å². The minimum atomic E-state index is 0.206. The first kappa shape index (κ1) is 14.6. The lowest BCUT2D eigenvalue weighted by molar-refractivity contribution is 0.223. The summed E-state index contributed by atoms with van der Waals surface area (Å²) in [5.41, 5.74) is 1.49. The van der Waals surface area contributed by atoms with Gasteiger partial charge in [0.15, 0.2) is 0 Å². The molecule has 3 heteroatoms. The Balaban J connectivity index is 2.06. The number of rotatable bonds is 3. The summed E-state index contributed by atoms with van der Waals surface area (Å²) in [5, 5.41) is 8.33. The Hall–Kier alpha value is -0.830. The largest absolute Gasteiger partial charge is 0.312 e. The second kappa shape index (κ2) is 5.66. The van der Waals surface area contributed by atoms with Crippen LogP contribution in [0.3, 0.4) is 0 Å². The standard InChI is InChI=1S/C16H29N3/c1-12-6-7-13(11-17-16(2,3)4)14(10-12)15-8-9-19(5)18-15/h8-9,12-14,17H,6-7,10-11H2,1-5H3. The molecule has 3 unspecified atom stereocenters.